The van der Waals surface area contributed by atoms with E-state index in [1.54, 1.807) is 4.90 Å². The number of anilines is 3. The molecule has 3 atom stereocenters. The predicted molar refractivity (Wildman–Crippen MR) is 153 cm³/mol. The Morgan fingerprint density at radius 1 is 0.955 bits per heavy atom. The smallest absolute Gasteiger partial charge is 0.372 e. The van der Waals surface area contributed by atoms with Crippen molar-refractivity contribution in [2.45, 2.75) is 45.2 Å². The number of likely N-dealkylation sites (N-methyl/N-ethyl adjacent to an activating group) is 1. The number of piperazine rings is 1. The van der Waals surface area contributed by atoms with Gasteiger partial charge in [0.25, 0.3) is 5.91 Å². The number of nitrogens with one attached hydrogen (secondary N) is 1. The van der Waals surface area contributed by atoms with Gasteiger partial charge in [-0.05, 0) is 46.0 Å². The molecule has 0 saturated carbocycles. The fraction of sp³-hybridized carbons (Fsp3) is 0.433. The summed E-state index contributed by atoms with van der Waals surface area (Å²) in [4.78, 5) is 27.4. The molecule has 2 aliphatic rings. The number of aromatic nitrogens is 2. The largest absolute Gasteiger partial charge is 0.417 e. The van der Waals surface area contributed by atoms with Gasteiger partial charge in [-0.2, -0.15) is 13.2 Å². The second-order valence-corrected chi connectivity index (χ2v) is 11.3. The predicted octanol–water partition coefficient (Wildman–Crippen LogP) is 5.59. The Hall–Kier alpha value is -3.91. The number of hydrogen-bond donors (Lipinski definition) is 1. The minimum Gasteiger partial charge on any atom is -0.372 e. The maximum absolute atomic E-state index is 16.4. The molecule has 8 nitrogen and oxygen atoms in total. The third-order valence-electron chi connectivity index (χ3n) is 7.90. The summed E-state index contributed by atoms with van der Waals surface area (Å²) >= 11 is 0. The molecule has 3 heterocycles. The number of amides is 1. The van der Waals surface area contributed by atoms with Gasteiger partial charge in [0.1, 0.15) is 17.3 Å². The average molecular weight is 623 g/mol. The Balaban J connectivity index is 1.56. The van der Waals surface area contributed by atoms with Gasteiger partial charge in [0.2, 0.25) is 5.95 Å². The highest BCUT2D eigenvalue weighted by atomic mass is 19.4. The summed E-state index contributed by atoms with van der Waals surface area (Å²) in [7, 11) is 1.89. The maximum atomic E-state index is 16.4. The standard InChI is InChI=1S/C30H32F6N6O2/c1-16-13-41(8-7-40(16)4)24-10-23(32)25(19-11-37-29(38-12-19)42-14-17(2)44-18(3)15-42)26(33)27(24)39-28(43)21-6-5-20(31)9-22(21)30(34,35)36/h5-6,9-12,16-18H,7-8,13-15H2,1-4H3,(H,39,43). The van der Waals surface area contributed by atoms with Crippen LogP contribution in [0.4, 0.5) is 43.7 Å². The van der Waals surface area contributed by atoms with Crippen molar-refractivity contribution in [3.63, 3.8) is 0 Å². The molecule has 5 rings (SSSR count). The first-order chi connectivity index (χ1) is 20.7. The van der Waals surface area contributed by atoms with Crippen LogP contribution < -0.4 is 15.1 Å². The van der Waals surface area contributed by atoms with E-state index < -0.39 is 51.9 Å². The van der Waals surface area contributed by atoms with Crippen molar-refractivity contribution in [3.8, 4) is 11.1 Å². The zero-order valence-electron chi connectivity index (χ0n) is 24.6. The van der Waals surface area contributed by atoms with E-state index in [4.69, 9.17) is 4.74 Å². The van der Waals surface area contributed by atoms with Crippen LogP contribution in [0.2, 0.25) is 0 Å². The van der Waals surface area contributed by atoms with Crippen LogP contribution in [-0.2, 0) is 10.9 Å². The Labute approximate surface area is 250 Å². The summed E-state index contributed by atoms with van der Waals surface area (Å²) in [6.45, 7) is 7.96. The lowest BCUT2D eigenvalue weighted by molar-refractivity contribution is -0.138. The van der Waals surface area contributed by atoms with Crippen LogP contribution in [0.5, 0.6) is 0 Å². The normalized spacial score (nSPS) is 21.5. The van der Waals surface area contributed by atoms with E-state index in [9.17, 15) is 22.4 Å². The molecule has 0 radical (unpaired) electrons. The number of carbonyl (C=O) groups excluding carboxylic acids is 1. The van der Waals surface area contributed by atoms with Gasteiger partial charge in [0.15, 0.2) is 5.82 Å². The minimum atomic E-state index is -5.06. The summed E-state index contributed by atoms with van der Waals surface area (Å²) in [5.41, 5.74) is -3.59. The van der Waals surface area contributed by atoms with Crippen molar-refractivity contribution < 1.29 is 35.9 Å². The highest BCUT2D eigenvalue weighted by Gasteiger charge is 2.37. The van der Waals surface area contributed by atoms with Crippen LogP contribution in [0.25, 0.3) is 11.1 Å². The second-order valence-electron chi connectivity index (χ2n) is 11.3. The quantitative estimate of drug-likeness (QED) is 0.373. The maximum Gasteiger partial charge on any atom is 0.417 e. The van der Waals surface area contributed by atoms with Crippen LogP contribution >= 0.6 is 0 Å². The van der Waals surface area contributed by atoms with Crippen LogP contribution in [0.3, 0.4) is 0 Å². The van der Waals surface area contributed by atoms with Crippen LogP contribution in [0.15, 0.2) is 36.7 Å². The topological polar surface area (TPSA) is 73.8 Å². The number of alkyl halides is 3. The molecular weight excluding hydrogens is 590 g/mol. The first-order valence-electron chi connectivity index (χ1n) is 14.1. The molecule has 14 heteroatoms. The number of rotatable bonds is 5. The molecule has 1 aromatic heterocycles. The molecule has 236 valence electrons. The molecule has 2 saturated heterocycles. The number of morpholine rings is 1. The number of halogens is 6. The third kappa shape index (κ3) is 6.46. The highest BCUT2D eigenvalue weighted by Crippen LogP contribution is 2.40. The fourth-order valence-electron chi connectivity index (χ4n) is 5.59. The summed E-state index contributed by atoms with van der Waals surface area (Å²) in [6, 6.07) is 2.58. The van der Waals surface area contributed by atoms with E-state index in [1.165, 1.54) is 12.4 Å². The molecule has 0 aliphatic carbocycles. The van der Waals surface area contributed by atoms with Crippen molar-refractivity contribution in [3.05, 3.63) is 65.2 Å². The van der Waals surface area contributed by atoms with Gasteiger partial charge in [-0.25, -0.2) is 23.1 Å². The zero-order chi connectivity index (χ0) is 31.9. The molecule has 3 unspecified atom stereocenters. The van der Waals surface area contributed by atoms with E-state index in [-0.39, 0.29) is 35.6 Å². The van der Waals surface area contributed by atoms with Gasteiger partial charge in [0.05, 0.1) is 34.6 Å². The summed E-state index contributed by atoms with van der Waals surface area (Å²) in [5, 5.41) is 2.24. The Morgan fingerprint density at radius 2 is 1.61 bits per heavy atom. The van der Waals surface area contributed by atoms with E-state index in [2.05, 4.69) is 15.3 Å². The van der Waals surface area contributed by atoms with Gasteiger partial charge in [-0.3, -0.25) is 4.79 Å². The van der Waals surface area contributed by atoms with Crippen molar-refractivity contribution in [2.24, 2.45) is 0 Å². The monoisotopic (exact) mass is 622 g/mol. The Morgan fingerprint density at radius 3 is 2.23 bits per heavy atom. The van der Waals surface area contributed by atoms with Gasteiger partial charge in [-0.1, -0.05) is 0 Å². The lowest BCUT2D eigenvalue weighted by Gasteiger charge is -2.39. The molecule has 1 N–H and O–H groups in total. The van der Waals surface area contributed by atoms with E-state index in [0.717, 1.165) is 6.07 Å². The molecule has 3 aromatic rings. The van der Waals surface area contributed by atoms with Crippen LogP contribution in [-0.4, -0.2) is 78.8 Å². The summed E-state index contributed by atoms with van der Waals surface area (Å²) in [6.07, 6.45) is -2.72. The van der Waals surface area contributed by atoms with Crippen molar-refractivity contribution in [1.82, 2.24) is 14.9 Å². The molecule has 1 amide bonds. The van der Waals surface area contributed by atoms with Crippen LogP contribution in [0.1, 0.15) is 36.7 Å². The Bertz CT molecular complexity index is 1530. The van der Waals surface area contributed by atoms with Gasteiger partial charge in [0, 0.05) is 62.8 Å². The average Bonchev–Trinajstić information content (AvgIpc) is 2.95. The fourth-order valence-corrected chi connectivity index (χ4v) is 5.59. The number of hydrogen-bond acceptors (Lipinski definition) is 7. The lowest BCUT2D eigenvalue weighted by Crippen LogP contribution is -2.50. The minimum absolute atomic E-state index is 0.0291. The van der Waals surface area contributed by atoms with Crippen molar-refractivity contribution in [1.29, 1.82) is 0 Å². The molecule has 44 heavy (non-hydrogen) atoms. The first kappa shape index (κ1) is 31.5. The van der Waals surface area contributed by atoms with E-state index >= 15 is 8.78 Å². The lowest BCUT2D eigenvalue weighted by atomic mass is 10.0. The third-order valence-corrected chi connectivity index (χ3v) is 7.90. The Kier molecular flexibility index (Phi) is 8.76. The van der Waals surface area contributed by atoms with Gasteiger partial charge < -0.3 is 24.8 Å². The summed E-state index contributed by atoms with van der Waals surface area (Å²) < 4.78 is 92.6. The highest BCUT2D eigenvalue weighted by molar-refractivity contribution is 6.07. The number of benzene rings is 2. The zero-order valence-corrected chi connectivity index (χ0v) is 24.6. The van der Waals surface area contributed by atoms with Crippen LogP contribution in [0, 0.1) is 17.5 Å². The summed E-state index contributed by atoms with van der Waals surface area (Å²) in [5.74, 6) is -4.37. The SMILES string of the molecule is CC1CN(c2ncc(-c3c(F)cc(N4CCN(C)C(C)C4)c(NC(=O)c4ccc(F)cc4C(F)(F)F)c3F)cn2)CC(C)O1. The van der Waals surface area contributed by atoms with Gasteiger partial charge >= 0.3 is 6.18 Å². The van der Waals surface area contributed by atoms with Crippen molar-refractivity contribution in [2.75, 3.05) is 54.9 Å². The molecule has 0 bridgehead atoms. The molecule has 0 spiro atoms. The molecular formula is C30H32F6N6O2. The van der Waals surface area contributed by atoms with E-state index in [1.807, 2.05) is 37.6 Å². The number of nitrogens with zero attached hydrogens (tertiary/aromatic N) is 5. The molecule has 2 fully saturated rings. The first-order valence-corrected chi connectivity index (χ1v) is 14.1. The second kappa shape index (κ2) is 12.2. The van der Waals surface area contributed by atoms with Gasteiger partial charge in [-0.15, -0.1) is 0 Å². The van der Waals surface area contributed by atoms with E-state index in [0.29, 0.717) is 50.8 Å². The number of ether oxygens (including phenoxy) is 1. The molecule has 2 aliphatic heterocycles. The molecule has 2 aromatic carbocycles. The van der Waals surface area contributed by atoms with Crippen molar-refractivity contribution >= 4 is 23.2 Å². The number of carbonyl (C=O) groups is 1.